The number of anilines is 1. The van der Waals surface area contributed by atoms with Crippen molar-refractivity contribution in [2.45, 2.75) is 44.0 Å². The number of amides is 1. The second kappa shape index (κ2) is 10.0. The zero-order valence-corrected chi connectivity index (χ0v) is 20.1. The number of aryl methyl sites for hydroxylation is 1. The molecule has 1 aliphatic rings. The quantitative estimate of drug-likeness (QED) is 0.521. The summed E-state index contributed by atoms with van der Waals surface area (Å²) in [6.07, 6.45) is 2.28. The van der Waals surface area contributed by atoms with Gasteiger partial charge >= 0.3 is 5.76 Å². The molecule has 1 N–H and O–H groups in total. The summed E-state index contributed by atoms with van der Waals surface area (Å²) in [5.74, 6) is 0.169. The Kier molecular flexibility index (Phi) is 7.08. The molecule has 182 valence electrons. The van der Waals surface area contributed by atoms with Crippen molar-refractivity contribution in [3.05, 3.63) is 53.0 Å². The van der Waals surface area contributed by atoms with Gasteiger partial charge in [0.1, 0.15) is 5.75 Å². The van der Waals surface area contributed by atoms with Gasteiger partial charge in [0.05, 0.1) is 17.5 Å². The Hall–Kier alpha value is -3.11. The third-order valence-corrected chi connectivity index (χ3v) is 8.02. The topological polar surface area (TPSA) is 111 Å². The fourth-order valence-electron chi connectivity index (χ4n) is 4.32. The lowest BCUT2D eigenvalue weighted by atomic mass is 9.94. The molecule has 2 aromatic carbocycles. The summed E-state index contributed by atoms with van der Waals surface area (Å²) in [5, 5.41) is 2.87. The fraction of sp³-hybridized carbons (Fsp3) is 0.417. The standard InChI is InChI=1S/C24H29N3O6S/c1-3-11-27-21-8-7-20(16-22(21)33-24(27)29)34(30,31)26-12-9-17(10-13-26)14-23(28)25-18-5-4-6-19(15-18)32-2/h4-8,15-17H,3,9-14H2,1-2H3,(H,25,28). The number of benzene rings is 2. The van der Waals surface area contributed by atoms with Crippen molar-refractivity contribution < 1.29 is 22.4 Å². The van der Waals surface area contributed by atoms with Crippen LogP contribution in [0.15, 0.2) is 56.6 Å². The Balaban J connectivity index is 1.38. The van der Waals surface area contributed by atoms with Crippen molar-refractivity contribution in [1.29, 1.82) is 0 Å². The Morgan fingerprint density at radius 1 is 1.18 bits per heavy atom. The number of sulfonamides is 1. The molecule has 1 amide bonds. The SMILES string of the molecule is CCCn1c(=O)oc2cc(S(=O)(=O)N3CCC(CC(=O)Nc4cccc(OC)c4)CC3)ccc21. The Morgan fingerprint density at radius 3 is 2.65 bits per heavy atom. The van der Waals surface area contributed by atoms with E-state index >= 15 is 0 Å². The minimum absolute atomic E-state index is 0.0978. The van der Waals surface area contributed by atoms with Crippen molar-refractivity contribution in [3.8, 4) is 5.75 Å². The molecule has 1 aromatic heterocycles. The van der Waals surface area contributed by atoms with E-state index in [1.807, 2.05) is 6.92 Å². The van der Waals surface area contributed by atoms with Gasteiger partial charge in [-0.15, -0.1) is 0 Å². The van der Waals surface area contributed by atoms with Crippen LogP contribution in [-0.4, -0.2) is 43.4 Å². The molecule has 0 radical (unpaired) electrons. The zero-order valence-electron chi connectivity index (χ0n) is 19.3. The maximum absolute atomic E-state index is 13.2. The van der Waals surface area contributed by atoms with Crippen LogP contribution < -0.4 is 15.8 Å². The zero-order chi connectivity index (χ0) is 24.3. The first kappa shape index (κ1) is 24.0. The number of nitrogens with zero attached hydrogens (tertiary/aromatic N) is 2. The maximum Gasteiger partial charge on any atom is 0.419 e. The number of piperidine rings is 1. The highest BCUT2D eigenvalue weighted by Gasteiger charge is 2.31. The molecule has 4 rings (SSSR count). The van der Waals surface area contributed by atoms with Crippen molar-refractivity contribution >= 4 is 32.7 Å². The number of hydrogen-bond donors (Lipinski definition) is 1. The van der Waals surface area contributed by atoms with Crippen LogP contribution >= 0.6 is 0 Å². The number of aromatic nitrogens is 1. The van der Waals surface area contributed by atoms with Crippen molar-refractivity contribution in [2.24, 2.45) is 5.92 Å². The first-order chi connectivity index (χ1) is 16.3. The summed E-state index contributed by atoms with van der Waals surface area (Å²) in [5.41, 5.74) is 1.52. The van der Waals surface area contributed by atoms with Crippen LogP contribution in [0.2, 0.25) is 0 Å². The summed E-state index contributed by atoms with van der Waals surface area (Å²) in [6, 6.07) is 11.7. The van der Waals surface area contributed by atoms with Gasteiger partial charge in [-0.25, -0.2) is 13.2 Å². The number of oxazole rings is 1. The molecule has 0 spiro atoms. The van der Waals surface area contributed by atoms with E-state index in [1.54, 1.807) is 37.4 Å². The molecule has 3 aromatic rings. The van der Waals surface area contributed by atoms with E-state index < -0.39 is 15.8 Å². The van der Waals surface area contributed by atoms with E-state index in [0.29, 0.717) is 55.9 Å². The second-order valence-electron chi connectivity index (χ2n) is 8.48. The number of fused-ring (bicyclic) bond motifs is 1. The van der Waals surface area contributed by atoms with Crippen molar-refractivity contribution in [2.75, 3.05) is 25.5 Å². The molecule has 0 unspecified atom stereocenters. The highest BCUT2D eigenvalue weighted by Crippen LogP contribution is 2.28. The van der Waals surface area contributed by atoms with Crippen molar-refractivity contribution in [1.82, 2.24) is 8.87 Å². The lowest BCUT2D eigenvalue weighted by Crippen LogP contribution is -2.39. The fourth-order valence-corrected chi connectivity index (χ4v) is 5.81. The number of rotatable bonds is 8. The molecule has 1 saturated heterocycles. The van der Waals surface area contributed by atoms with Gasteiger partial charge in [0, 0.05) is 43.9 Å². The normalized spacial score (nSPS) is 15.5. The molecule has 2 heterocycles. The molecular weight excluding hydrogens is 458 g/mol. The van der Waals surface area contributed by atoms with Crippen molar-refractivity contribution in [3.63, 3.8) is 0 Å². The maximum atomic E-state index is 13.2. The third-order valence-electron chi connectivity index (χ3n) is 6.13. The van der Waals surface area contributed by atoms with Crippen LogP contribution in [0.3, 0.4) is 0 Å². The number of carbonyl (C=O) groups is 1. The number of hydrogen-bond acceptors (Lipinski definition) is 6. The van der Waals surface area contributed by atoms with Crippen LogP contribution in [0.4, 0.5) is 5.69 Å². The molecule has 0 atom stereocenters. The van der Waals surface area contributed by atoms with E-state index in [9.17, 15) is 18.0 Å². The predicted octanol–water partition coefficient (Wildman–Crippen LogP) is 3.44. The van der Waals surface area contributed by atoms with E-state index in [2.05, 4.69) is 5.32 Å². The molecule has 0 bridgehead atoms. The molecule has 1 aliphatic heterocycles. The Labute approximate surface area is 198 Å². The molecule has 0 aliphatic carbocycles. The van der Waals surface area contributed by atoms with Gasteiger partial charge in [0.2, 0.25) is 15.9 Å². The Bertz CT molecular complexity index is 1340. The minimum atomic E-state index is -3.73. The van der Waals surface area contributed by atoms with E-state index in [4.69, 9.17) is 9.15 Å². The smallest absolute Gasteiger partial charge is 0.419 e. The summed E-state index contributed by atoms with van der Waals surface area (Å²) < 4.78 is 39.8. The van der Waals surface area contributed by atoms with Crippen LogP contribution in [0.25, 0.3) is 11.1 Å². The number of carbonyl (C=O) groups excluding carboxylic acids is 1. The molecule has 9 nitrogen and oxygen atoms in total. The van der Waals surface area contributed by atoms with Gasteiger partial charge in [0.25, 0.3) is 0 Å². The number of ether oxygens (including phenoxy) is 1. The van der Waals surface area contributed by atoms with Crippen LogP contribution in [0, 0.1) is 5.92 Å². The summed E-state index contributed by atoms with van der Waals surface area (Å²) >= 11 is 0. The lowest BCUT2D eigenvalue weighted by molar-refractivity contribution is -0.117. The predicted molar refractivity (Wildman–Crippen MR) is 128 cm³/mol. The van der Waals surface area contributed by atoms with Crippen LogP contribution in [0.1, 0.15) is 32.6 Å². The average molecular weight is 488 g/mol. The summed E-state index contributed by atoms with van der Waals surface area (Å²) in [7, 11) is -2.16. The van der Waals surface area contributed by atoms with Gasteiger partial charge in [-0.3, -0.25) is 9.36 Å². The monoisotopic (exact) mass is 487 g/mol. The highest BCUT2D eigenvalue weighted by molar-refractivity contribution is 7.89. The number of methoxy groups -OCH3 is 1. The van der Waals surface area contributed by atoms with Gasteiger partial charge in [-0.05, 0) is 49.4 Å². The van der Waals surface area contributed by atoms with Gasteiger partial charge < -0.3 is 14.5 Å². The highest BCUT2D eigenvalue weighted by atomic mass is 32.2. The van der Waals surface area contributed by atoms with Gasteiger partial charge in [-0.2, -0.15) is 4.31 Å². The molecule has 1 fully saturated rings. The van der Waals surface area contributed by atoms with Gasteiger partial charge in [0.15, 0.2) is 5.58 Å². The third kappa shape index (κ3) is 5.02. The summed E-state index contributed by atoms with van der Waals surface area (Å²) in [4.78, 5) is 24.6. The molecule has 10 heteroatoms. The molecular formula is C24H29N3O6S. The van der Waals surface area contributed by atoms with Crippen LogP contribution in [0.5, 0.6) is 5.75 Å². The summed E-state index contributed by atoms with van der Waals surface area (Å²) in [6.45, 7) is 3.13. The lowest BCUT2D eigenvalue weighted by Gasteiger charge is -2.31. The Morgan fingerprint density at radius 2 is 1.94 bits per heavy atom. The first-order valence-electron chi connectivity index (χ1n) is 11.4. The molecule has 34 heavy (non-hydrogen) atoms. The van der Waals surface area contributed by atoms with E-state index in [-0.39, 0.29) is 22.3 Å². The van der Waals surface area contributed by atoms with Gasteiger partial charge in [-0.1, -0.05) is 13.0 Å². The molecule has 0 saturated carbocycles. The van der Waals surface area contributed by atoms with E-state index in [1.165, 1.54) is 21.0 Å². The number of nitrogens with one attached hydrogen (secondary N) is 1. The average Bonchev–Trinajstić information content (AvgIpc) is 3.14. The van der Waals surface area contributed by atoms with Crippen LogP contribution in [-0.2, 0) is 21.4 Å². The largest absolute Gasteiger partial charge is 0.497 e. The second-order valence-corrected chi connectivity index (χ2v) is 10.4. The minimum Gasteiger partial charge on any atom is -0.497 e. The first-order valence-corrected chi connectivity index (χ1v) is 12.8. The van der Waals surface area contributed by atoms with E-state index in [0.717, 1.165) is 6.42 Å².